The molecule has 1 aliphatic heterocycles. The van der Waals surface area contributed by atoms with Gasteiger partial charge >= 0.3 is 0 Å². The fourth-order valence-electron chi connectivity index (χ4n) is 6.02. The standard InChI is InChI=1S/C22H29N3O2/c26-20(23-16-6-2-1-3-7-16)18-12-15-11-10-14(18)13-22(15)24-19-9-5-4-8-17(19)21(27)25-22/h4-5,8-9,14-16,18,24H,1-3,6-7,10-13H2,(H,23,26)(H,25,27)/t14-,15-,18-,22+/m0/s1. The van der Waals surface area contributed by atoms with Crippen molar-refractivity contribution in [3.05, 3.63) is 29.8 Å². The number of carbonyl (C=O) groups is 2. The molecular formula is C22H29N3O2. The molecule has 6 rings (SSSR count). The van der Waals surface area contributed by atoms with Crippen LogP contribution in [0.3, 0.4) is 0 Å². The zero-order chi connectivity index (χ0) is 18.4. The van der Waals surface area contributed by atoms with Crippen LogP contribution in [0.5, 0.6) is 0 Å². The Morgan fingerprint density at radius 2 is 1.85 bits per heavy atom. The van der Waals surface area contributed by atoms with Gasteiger partial charge in [-0.15, -0.1) is 0 Å². The summed E-state index contributed by atoms with van der Waals surface area (Å²) in [5.41, 5.74) is 1.27. The van der Waals surface area contributed by atoms with Crippen molar-refractivity contribution in [3.8, 4) is 0 Å². The number of anilines is 1. The molecule has 27 heavy (non-hydrogen) atoms. The number of hydrogen-bond donors (Lipinski definition) is 3. The van der Waals surface area contributed by atoms with Crippen molar-refractivity contribution in [1.82, 2.24) is 10.6 Å². The third-order valence-electron chi connectivity index (χ3n) is 7.43. The van der Waals surface area contributed by atoms with Gasteiger partial charge in [-0.1, -0.05) is 31.4 Å². The predicted molar refractivity (Wildman–Crippen MR) is 104 cm³/mol. The average Bonchev–Trinajstić information content (AvgIpc) is 2.69. The lowest BCUT2D eigenvalue weighted by Gasteiger charge is -2.56. The van der Waals surface area contributed by atoms with Gasteiger partial charge in [-0.2, -0.15) is 0 Å². The predicted octanol–water partition coefficient (Wildman–Crippen LogP) is 3.42. The van der Waals surface area contributed by atoms with Crippen molar-refractivity contribution in [3.63, 3.8) is 0 Å². The fourth-order valence-corrected chi connectivity index (χ4v) is 6.02. The summed E-state index contributed by atoms with van der Waals surface area (Å²) in [7, 11) is 0. The first-order valence-electron chi connectivity index (χ1n) is 10.6. The molecule has 4 saturated carbocycles. The Kier molecular flexibility index (Phi) is 4.14. The van der Waals surface area contributed by atoms with Crippen LogP contribution in [0.1, 0.15) is 68.1 Å². The highest BCUT2D eigenvalue weighted by molar-refractivity contribution is 6.02. The largest absolute Gasteiger partial charge is 0.362 e. The molecule has 5 nitrogen and oxygen atoms in total. The molecule has 4 aliphatic carbocycles. The first-order valence-corrected chi connectivity index (χ1v) is 10.6. The van der Waals surface area contributed by atoms with Crippen LogP contribution in [-0.4, -0.2) is 23.5 Å². The maximum absolute atomic E-state index is 13.0. The van der Waals surface area contributed by atoms with Gasteiger partial charge in [-0.3, -0.25) is 9.59 Å². The zero-order valence-electron chi connectivity index (χ0n) is 15.8. The van der Waals surface area contributed by atoms with Gasteiger partial charge in [0, 0.05) is 23.6 Å². The van der Waals surface area contributed by atoms with E-state index in [1.54, 1.807) is 0 Å². The Morgan fingerprint density at radius 1 is 1.04 bits per heavy atom. The van der Waals surface area contributed by atoms with E-state index in [2.05, 4.69) is 16.0 Å². The zero-order valence-corrected chi connectivity index (χ0v) is 15.8. The summed E-state index contributed by atoms with van der Waals surface area (Å²) < 4.78 is 0. The molecule has 0 unspecified atom stereocenters. The maximum Gasteiger partial charge on any atom is 0.255 e. The van der Waals surface area contributed by atoms with E-state index in [1.807, 2.05) is 24.3 Å². The van der Waals surface area contributed by atoms with Crippen molar-refractivity contribution in [2.75, 3.05) is 5.32 Å². The Hall–Kier alpha value is -2.04. The van der Waals surface area contributed by atoms with E-state index in [0.717, 1.165) is 49.8 Å². The van der Waals surface area contributed by atoms with Crippen LogP contribution in [0.2, 0.25) is 0 Å². The molecule has 2 amide bonds. The summed E-state index contributed by atoms with van der Waals surface area (Å²) in [6.45, 7) is 0. The van der Waals surface area contributed by atoms with E-state index >= 15 is 0 Å². The summed E-state index contributed by atoms with van der Waals surface area (Å²) in [4.78, 5) is 25.7. The highest BCUT2D eigenvalue weighted by atomic mass is 16.2. The first kappa shape index (κ1) is 17.1. The van der Waals surface area contributed by atoms with Gasteiger partial charge in [-0.05, 0) is 56.6 Å². The highest BCUT2D eigenvalue weighted by Gasteiger charge is 2.55. The Morgan fingerprint density at radius 3 is 2.63 bits per heavy atom. The van der Waals surface area contributed by atoms with Gasteiger partial charge in [0.1, 0.15) is 5.66 Å². The summed E-state index contributed by atoms with van der Waals surface area (Å²) >= 11 is 0. The lowest BCUT2D eigenvalue weighted by Crippen LogP contribution is -2.68. The van der Waals surface area contributed by atoms with Crippen LogP contribution in [-0.2, 0) is 4.79 Å². The van der Waals surface area contributed by atoms with E-state index in [4.69, 9.17) is 0 Å². The lowest BCUT2D eigenvalue weighted by atomic mass is 9.58. The number of benzene rings is 1. The van der Waals surface area contributed by atoms with Crippen LogP contribution < -0.4 is 16.0 Å². The molecule has 0 radical (unpaired) electrons. The van der Waals surface area contributed by atoms with Crippen LogP contribution in [0, 0.1) is 17.8 Å². The minimum Gasteiger partial charge on any atom is -0.362 e. The van der Waals surface area contributed by atoms with Crippen LogP contribution in [0.15, 0.2) is 24.3 Å². The normalized spacial score (nSPS) is 35.3. The number of nitrogens with one attached hydrogen (secondary N) is 3. The molecule has 3 N–H and O–H groups in total. The van der Waals surface area contributed by atoms with Crippen molar-refractivity contribution in [2.24, 2.45) is 17.8 Å². The van der Waals surface area contributed by atoms with Gasteiger partial charge < -0.3 is 16.0 Å². The van der Waals surface area contributed by atoms with E-state index in [9.17, 15) is 9.59 Å². The molecule has 5 heteroatoms. The number of fused-ring (bicyclic) bond motifs is 3. The van der Waals surface area contributed by atoms with E-state index < -0.39 is 0 Å². The smallest absolute Gasteiger partial charge is 0.255 e. The molecule has 4 atom stereocenters. The second-order valence-electron chi connectivity index (χ2n) is 9.02. The van der Waals surface area contributed by atoms with Gasteiger partial charge in [0.2, 0.25) is 5.91 Å². The second-order valence-corrected chi connectivity index (χ2v) is 9.02. The first-order chi connectivity index (χ1) is 13.1. The van der Waals surface area contributed by atoms with Crippen molar-refractivity contribution < 1.29 is 9.59 Å². The van der Waals surface area contributed by atoms with Crippen LogP contribution in [0.4, 0.5) is 5.69 Å². The second kappa shape index (κ2) is 6.54. The molecular weight excluding hydrogens is 338 g/mol. The molecule has 1 heterocycles. The Labute approximate surface area is 160 Å². The molecule has 0 aromatic heterocycles. The summed E-state index contributed by atoms with van der Waals surface area (Å²) in [5.74, 6) is 1.03. The average molecular weight is 367 g/mol. The van der Waals surface area contributed by atoms with E-state index in [0.29, 0.717) is 17.9 Å². The number of para-hydroxylation sites is 1. The van der Waals surface area contributed by atoms with Gasteiger partial charge in [0.05, 0.1) is 5.56 Å². The van der Waals surface area contributed by atoms with Crippen LogP contribution >= 0.6 is 0 Å². The minimum absolute atomic E-state index is 0.0140. The third kappa shape index (κ3) is 2.91. The molecule has 1 spiro atoms. The van der Waals surface area contributed by atoms with E-state index in [1.165, 1.54) is 19.3 Å². The minimum atomic E-state index is -0.379. The fraction of sp³-hybridized carbons (Fsp3) is 0.636. The number of rotatable bonds is 2. The number of amides is 2. The van der Waals surface area contributed by atoms with E-state index in [-0.39, 0.29) is 23.4 Å². The van der Waals surface area contributed by atoms with Crippen LogP contribution in [0.25, 0.3) is 0 Å². The van der Waals surface area contributed by atoms with Crippen molar-refractivity contribution in [1.29, 1.82) is 0 Å². The SMILES string of the molecule is O=C1N[C@@]2(C[C@@H]3CC[C@H]2C[C@@H]3C(=O)NC2CCCCC2)Nc2ccccc21. The number of hydrogen-bond acceptors (Lipinski definition) is 3. The Bertz CT molecular complexity index is 758. The lowest BCUT2D eigenvalue weighted by molar-refractivity contribution is -0.133. The summed E-state index contributed by atoms with van der Waals surface area (Å²) in [5, 5.41) is 10.3. The Balaban J connectivity index is 1.32. The van der Waals surface area contributed by atoms with Crippen molar-refractivity contribution >= 4 is 17.5 Å². The monoisotopic (exact) mass is 367 g/mol. The third-order valence-corrected chi connectivity index (χ3v) is 7.43. The summed E-state index contributed by atoms with van der Waals surface area (Å²) in [6.07, 6.45) is 9.92. The molecule has 1 aromatic carbocycles. The molecule has 0 saturated heterocycles. The topological polar surface area (TPSA) is 70.2 Å². The van der Waals surface area contributed by atoms with Gasteiger partial charge in [0.25, 0.3) is 5.91 Å². The summed E-state index contributed by atoms with van der Waals surface area (Å²) in [6, 6.07) is 8.10. The maximum atomic E-state index is 13.0. The molecule has 1 aromatic rings. The molecule has 2 bridgehead atoms. The molecule has 5 aliphatic rings. The molecule has 4 fully saturated rings. The quantitative estimate of drug-likeness (QED) is 0.750. The van der Waals surface area contributed by atoms with Gasteiger partial charge in [-0.25, -0.2) is 0 Å². The molecule has 144 valence electrons. The van der Waals surface area contributed by atoms with Gasteiger partial charge in [0.15, 0.2) is 0 Å². The number of carbonyl (C=O) groups excluding carboxylic acids is 2. The van der Waals surface area contributed by atoms with Crippen molar-refractivity contribution in [2.45, 2.75) is 69.5 Å². The highest BCUT2D eigenvalue weighted by Crippen LogP contribution is 2.51.